The number of hydrogen-bond acceptors (Lipinski definition) is 7. The summed E-state index contributed by atoms with van der Waals surface area (Å²) in [5.74, 6) is 0.177. The van der Waals surface area contributed by atoms with Crippen LogP contribution in [-0.2, 0) is 4.74 Å². The monoisotopic (exact) mass is 297 g/mol. The molecule has 2 heterocycles. The van der Waals surface area contributed by atoms with E-state index in [1.54, 1.807) is 6.92 Å². The van der Waals surface area contributed by atoms with Crippen LogP contribution in [0, 0.1) is 0 Å². The third-order valence-electron chi connectivity index (χ3n) is 2.32. The largest absolute Gasteiger partial charge is 0.491 e. The second kappa shape index (κ2) is 6.20. The first-order chi connectivity index (χ1) is 9.65. The molecule has 0 saturated heterocycles. The fourth-order valence-corrected chi connectivity index (χ4v) is 1.59. The third kappa shape index (κ3) is 2.97. The molecule has 0 amide bonds. The van der Waals surface area contributed by atoms with Gasteiger partial charge in [-0.15, -0.1) is 0 Å². The van der Waals surface area contributed by atoms with Gasteiger partial charge >= 0.3 is 5.97 Å². The van der Waals surface area contributed by atoms with Crippen LogP contribution in [0.4, 0.5) is 11.5 Å². The summed E-state index contributed by atoms with van der Waals surface area (Å²) < 4.78 is 10.0. The molecule has 0 saturated carbocycles. The van der Waals surface area contributed by atoms with Crippen LogP contribution in [0.2, 0.25) is 5.28 Å². The van der Waals surface area contributed by atoms with Gasteiger partial charge in [0, 0.05) is 0 Å². The number of methoxy groups -OCH3 is 1. The Morgan fingerprint density at radius 3 is 3.00 bits per heavy atom. The van der Waals surface area contributed by atoms with Crippen molar-refractivity contribution in [1.29, 1.82) is 0 Å². The molecule has 8 nitrogen and oxygen atoms in total. The van der Waals surface area contributed by atoms with Gasteiger partial charge in [-0.25, -0.2) is 9.78 Å². The topological polar surface area (TPSA) is 102 Å². The van der Waals surface area contributed by atoms with Crippen LogP contribution in [0.3, 0.4) is 0 Å². The fraction of sp³-hybridized carbons (Fsp3) is 0.273. The minimum absolute atomic E-state index is 0.0504. The summed E-state index contributed by atoms with van der Waals surface area (Å²) in [6.07, 6.45) is 2.85. The van der Waals surface area contributed by atoms with Crippen molar-refractivity contribution in [3.05, 3.63) is 23.4 Å². The summed E-state index contributed by atoms with van der Waals surface area (Å²) in [5.41, 5.74) is 0.583. The van der Waals surface area contributed by atoms with Gasteiger partial charge in [-0.05, 0) is 18.5 Å². The Kier molecular flexibility index (Phi) is 4.36. The van der Waals surface area contributed by atoms with Gasteiger partial charge in [0.25, 0.3) is 0 Å². The smallest absolute Gasteiger partial charge is 0.358 e. The Morgan fingerprint density at radius 2 is 2.30 bits per heavy atom. The average Bonchev–Trinajstić information content (AvgIpc) is 2.87. The molecule has 0 aliphatic heterocycles. The maximum atomic E-state index is 11.7. The highest BCUT2D eigenvalue weighted by molar-refractivity contribution is 6.28. The summed E-state index contributed by atoms with van der Waals surface area (Å²) in [7, 11) is 1.47. The highest BCUT2D eigenvalue weighted by atomic mass is 35.5. The Morgan fingerprint density at radius 1 is 1.50 bits per heavy atom. The molecule has 0 aromatic carbocycles. The van der Waals surface area contributed by atoms with Crippen molar-refractivity contribution in [3.63, 3.8) is 0 Å². The van der Waals surface area contributed by atoms with Crippen LogP contribution in [0.5, 0.6) is 5.75 Å². The highest BCUT2D eigenvalue weighted by Gasteiger charge is 2.17. The number of hydrogen-bond donors (Lipinski definition) is 2. The molecule has 20 heavy (non-hydrogen) atoms. The predicted molar refractivity (Wildman–Crippen MR) is 71.4 cm³/mol. The summed E-state index contributed by atoms with van der Waals surface area (Å²) in [6.45, 7) is 1.98. The van der Waals surface area contributed by atoms with Crippen LogP contribution in [0.15, 0.2) is 12.4 Å². The van der Waals surface area contributed by atoms with Crippen molar-refractivity contribution >= 4 is 29.1 Å². The number of rotatable bonds is 5. The first-order valence-corrected chi connectivity index (χ1v) is 6.07. The number of nitrogens with zero attached hydrogens (tertiary/aromatic N) is 3. The predicted octanol–water partition coefficient (Wildman–Crippen LogP) is 1.78. The molecule has 0 atom stereocenters. The number of halogens is 1. The number of carbonyl (C=O) groups is 1. The van der Waals surface area contributed by atoms with E-state index in [0.717, 1.165) is 0 Å². The molecule has 2 N–H and O–H groups in total. The van der Waals surface area contributed by atoms with Gasteiger partial charge in [0.05, 0.1) is 31.8 Å². The number of ether oxygens (including phenoxy) is 2. The van der Waals surface area contributed by atoms with Crippen LogP contribution < -0.4 is 10.1 Å². The van der Waals surface area contributed by atoms with Crippen LogP contribution in [-0.4, -0.2) is 39.9 Å². The van der Waals surface area contributed by atoms with E-state index in [1.807, 2.05) is 0 Å². The fourth-order valence-electron chi connectivity index (χ4n) is 1.46. The molecule has 9 heteroatoms. The maximum Gasteiger partial charge on any atom is 0.358 e. The van der Waals surface area contributed by atoms with E-state index < -0.39 is 5.97 Å². The van der Waals surface area contributed by atoms with Crippen molar-refractivity contribution in [3.8, 4) is 5.75 Å². The van der Waals surface area contributed by atoms with Gasteiger partial charge in [0.15, 0.2) is 17.3 Å². The van der Waals surface area contributed by atoms with Gasteiger partial charge in [0.2, 0.25) is 5.28 Å². The second-order valence-electron chi connectivity index (χ2n) is 3.56. The number of aromatic amines is 1. The molecule has 0 bridgehead atoms. The summed E-state index contributed by atoms with van der Waals surface area (Å²) >= 11 is 5.73. The lowest BCUT2D eigenvalue weighted by Crippen LogP contribution is -2.08. The van der Waals surface area contributed by atoms with E-state index in [2.05, 4.69) is 25.5 Å². The van der Waals surface area contributed by atoms with Crippen molar-refractivity contribution in [2.24, 2.45) is 0 Å². The van der Waals surface area contributed by atoms with Gasteiger partial charge in [-0.3, -0.25) is 5.10 Å². The first-order valence-electron chi connectivity index (χ1n) is 5.69. The van der Waals surface area contributed by atoms with Gasteiger partial charge in [-0.2, -0.15) is 10.1 Å². The standard InChI is InChI=1S/C11H12ClN5O3/c1-3-20-10(18)8-6(4-14-17-8)15-9-7(19-2)5-13-11(12)16-9/h4-5H,3H2,1-2H3,(H,14,17)(H,13,15,16). The van der Waals surface area contributed by atoms with E-state index in [0.29, 0.717) is 17.3 Å². The van der Waals surface area contributed by atoms with E-state index in [4.69, 9.17) is 21.1 Å². The van der Waals surface area contributed by atoms with Crippen LogP contribution >= 0.6 is 11.6 Å². The number of aromatic nitrogens is 4. The summed E-state index contributed by atoms with van der Waals surface area (Å²) in [5, 5.41) is 9.30. The molecule has 0 fully saturated rings. The minimum atomic E-state index is -0.522. The minimum Gasteiger partial charge on any atom is -0.491 e. The van der Waals surface area contributed by atoms with Crippen molar-refractivity contribution in [1.82, 2.24) is 20.2 Å². The number of carbonyl (C=O) groups excluding carboxylic acids is 1. The molecule has 0 aliphatic rings. The van der Waals surface area contributed by atoms with Crippen molar-refractivity contribution < 1.29 is 14.3 Å². The molecule has 2 rings (SSSR count). The lowest BCUT2D eigenvalue weighted by Gasteiger charge is -2.09. The number of nitrogens with one attached hydrogen (secondary N) is 2. The van der Waals surface area contributed by atoms with Crippen molar-refractivity contribution in [2.75, 3.05) is 19.0 Å². The number of esters is 1. The SMILES string of the molecule is CCOC(=O)c1[nH]ncc1Nc1nc(Cl)ncc1OC. The Labute approximate surface area is 119 Å². The lowest BCUT2D eigenvalue weighted by atomic mass is 10.3. The average molecular weight is 298 g/mol. The Bertz CT molecular complexity index is 616. The van der Waals surface area contributed by atoms with Gasteiger partial charge < -0.3 is 14.8 Å². The molecule has 0 spiro atoms. The zero-order chi connectivity index (χ0) is 14.5. The first kappa shape index (κ1) is 14.1. The molecule has 106 valence electrons. The molecular weight excluding hydrogens is 286 g/mol. The zero-order valence-corrected chi connectivity index (χ0v) is 11.6. The molecule has 0 radical (unpaired) electrons. The Balaban J connectivity index is 2.29. The quantitative estimate of drug-likeness (QED) is 0.640. The highest BCUT2D eigenvalue weighted by Crippen LogP contribution is 2.26. The molecule has 2 aromatic heterocycles. The number of H-pyrrole nitrogens is 1. The molecule has 0 aliphatic carbocycles. The Hall–Kier alpha value is -2.35. The van der Waals surface area contributed by atoms with E-state index in [-0.39, 0.29) is 17.6 Å². The molecular formula is C11H12ClN5O3. The van der Waals surface area contributed by atoms with Crippen LogP contribution in [0.1, 0.15) is 17.4 Å². The van der Waals surface area contributed by atoms with Gasteiger partial charge in [0.1, 0.15) is 0 Å². The normalized spacial score (nSPS) is 10.2. The molecule has 0 unspecified atom stereocenters. The third-order valence-corrected chi connectivity index (χ3v) is 2.50. The van der Waals surface area contributed by atoms with Gasteiger partial charge in [-0.1, -0.05) is 0 Å². The van der Waals surface area contributed by atoms with E-state index in [1.165, 1.54) is 19.5 Å². The van der Waals surface area contributed by atoms with Crippen molar-refractivity contribution in [2.45, 2.75) is 6.92 Å². The number of anilines is 2. The van der Waals surface area contributed by atoms with E-state index >= 15 is 0 Å². The van der Waals surface area contributed by atoms with Crippen LogP contribution in [0.25, 0.3) is 0 Å². The van der Waals surface area contributed by atoms with E-state index in [9.17, 15) is 4.79 Å². The second-order valence-corrected chi connectivity index (χ2v) is 3.90. The molecule has 2 aromatic rings. The summed E-state index contributed by atoms with van der Waals surface area (Å²) in [6, 6.07) is 0. The zero-order valence-electron chi connectivity index (χ0n) is 10.8. The lowest BCUT2D eigenvalue weighted by molar-refractivity contribution is 0.0520. The summed E-state index contributed by atoms with van der Waals surface area (Å²) in [4.78, 5) is 19.5. The maximum absolute atomic E-state index is 11.7.